The summed E-state index contributed by atoms with van der Waals surface area (Å²) in [4.78, 5) is 0. The Labute approximate surface area is 152 Å². The maximum Gasteiger partial charge on any atom is 0.107 e. The monoisotopic (exact) mass is 350 g/mol. The molecular formula is C21H34O4. The van der Waals surface area contributed by atoms with Gasteiger partial charge in [0.1, 0.15) is 6.10 Å². The Morgan fingerprint density at radius 3 is 2.08 bits per heavy atom. The van der Waals surface area contributed by atoms with Crippen molar-refractivity contribution in [2.24, 2.45) is 5.92 Å². The third-order valence-electron chi connectivity index (χ3n) is 5.06. The predicted molar refractivity (Wildman–Crippen MR) is 100 cm³/mol. The van der Waals surface area contributed by atoms with Crippen LogP contribution in [-0.4, -0.2) is 47.8 Å². The first kappa shape index (κ1) is 20.4. The highest BCUT2D eigenvalue weighted by atomic mass is 16.6. The zero-order valence-electron chi connectivity index (χ0n) is 15.3. The molecule has 25 heavy (non-hydrogen) atoms. The first-order valence-electron chi connectivity index (χ1n) is 9.72. The van der Waals surface area contributed by atoms with Crippen LogP contribution in [0.3, 0.4) is 0 Å². The van der Waals surface area contributed by atoms with Crippen LogP contribution in [0.25, 0.3) is 0 Å². The summed E-state index contributed by atoms with van der Waals surface area (Å²) in [6.07, 6.45) is 20.1. The standard InChI is InChI=1S/C21H34O4/c1-2-9-17(10-5-3-6-12-19-21(16-23)25-19)13-14-20-18(24-20)11-7-4-8-15-22/h2-5,8,17-23H,1,6-7,9-16H2/b5-3-,8-4+. The van der Waals surface area contributed by atoms with Crippen LogP contribution in [-0.2, 0) is 9.47 Å². The van der Waals surface area contributed by atoms with Gasteiger partial charge in [0.15, 0.2) is 0 Å². The van der Waals surface area contributed by atoms with E-state index in [0.717, 1.165) is 44.9 Å². The SMILES string of the molecule is C=CCC(C/C=C\CCC1OC1CO)CCC1OC1CC/C=C/CO. The second kappa shape index (κ2) is 11.6. The average Bonchev–Trinajstić information content (AvgIpc) is 3.52. The van der Waals surface area contributed by atoms with E-state index in [1.54, 1.807) is 6.08 Å². The second-order valence-corrected chi connectivity index (χ2v) is 7.09. The Bertz CT molecular complexity index is 432. The summed E-state index contributed by atoms with van der Waals surface area (Å²) in [5.74, 6) is 0.648. The fourth-order valence-corrected chi connectivity index (χ4v) is 3.37. The van der Waals surface area contributed by atoms with Crippen molar-refractivity contribution in [1.82, 2.24) is 0 Å². The van der Waals surface area contributed by atoms with Crippen LogP contribution in [0.2, 0.25) is 0 Å². The molecule has 0 bridgehead atoms. The van der Waals surface area contributed by atoms with Gasteiger partial charge >= 0.3 is 0 Å². The van der Waals surface area contributed by atoms with Crippen LogP contribution in [0, 0.1) is 5.92 Å². The van der Waals surface area contributed by atoms with Gasteiger partial charge in [-0.15, -0.1) is 6.58 Å². The number of ether oxygens (including phenoxy) is 2. The molecule has 0 radical (unpaired) electrons. The molecular weight excluding hydrogens is 316 g/mol. The number of rotatable bonds is 15. The van der Waals surface area contributed by atoms with E-state index < -0.39 is 0 Å². The van der Waals surface area contributed by atoms with Gasteiger partial charge in [0.2, 0.25) is 0 Å². The fraction of sp³-hybridized carbons (Fsp3) is 0.714. The minimum Gasteiger partial charge on any atom is -0.394 e. The number of hydrogen-bond donors (Lipinski definition) is 2. The molecule has 5 atom stereocenters. The van der Waals surface area contributed by atoms with Gasteiger partial charge in [-0.2, -0.15) is 0 Å². The Balaban J connectivity index is 1.53. The van der Waals surface area contributed by atoms with E-state index >= 15 is 0 Å². The van der Waals surface area contributed by atoms with E-state index in [2.05, 4.69) is 18.7 Å². The molecule has 2 saturated heterocycles. The van der Waals surface area contributed by atoms with Crippen molar-refractivity contribution >= 4 is 0 Å². The van der Waals surface area contributed by atoms with Gasteiger partial charge in [0.25, 0.3) is 0 Å². The van der Waals surface area contributed by atoms with E-state index in [4.69, 9.17) is 19.7 Å². The molecule has 0 aromatic carbocycles. The molecule has 0 aliphatic carbocycles. The molecule has 2 aliphatic rings. The van der Waals surface area contributed by atoms with E-state index in [-0.39, 0.29) is 25.4 Å². The highest BCUT2D eigenvalue weighted by Crippen LogP contribution is 2.33. The van der Waals surface area contributed by atoms with E-state index in [0.29, 0.717) is 18.1 Å². The molecule has 0 saturated carbocycles. The molecule has 2 N–H and O–H groups in total. The first-order valence-corrected chi connectivity index (χ1v) is 9.72. The van der Waals surface area contributed by atoms with Crippen LogP contribution in [0.1, 0.15) is 51.4 Å². The van der Waals surface area contributed by atoms with Crippen molar-refractivity contribution in [3.8, 4) is 0 Å². The first-order chi connectivity index (χ1) is 12.3. The average molecular weight is 350 g/mol. The Morgan fingerprint density at radius 1 is 0.800 bits per heavy atom. The zero-order chi connectivity index (χ0) is 17.9. The molecule has 0 aromatic rings. The van der Waals surface area contributed by atoms with Crippen molar-refractivity contribution in [2.75, 3.05) is 13.2 Å². The summed E-state index contributed by atoms with van der Waals surface area (Å²) in [7, 11) is 0. The second-order valence-electron chi connectivity index (χ2n) is 7.09. The summed E-state index contributed by atoms with van der Waals surface area (Å²) in [6.45, 7) is 4.16. The van der Waals surface area contributed by atoms with Gasteiger partial charge in [-0.25, -0.2) is 0 Å². The number of aliphatic hydroxyl groups excluding tert-OH is 2. The van der Waals surface area contributed by atoms with Crippen LogP contribution in [0.5, 0.6) is 0 Å². The third kappa shape index (κ3) is 8.32. The Morgan fingerprint density at radius 2 is 1.44 bits per heavy atom. The maximum atomic E-state index is 8.93. The fourth-order valence-electron chi connectivity index (χ4n) is 3.37. The van der Waals surface area contributed by atoms with Gasteiger partial charge in [-0.05, 0) is 57.3 Å². The number of hydrogen-bond acceptors (Lipinski definition) is 4. The summed E-state index contributed by atoms with van der Waals surface area (Å²) >= 11 is 0. The van der Waals surface area contributed by atoms with Crippen molar-refractivity contribution in [3.05, 3.63) is 37.0 Å². The van der Waals surface area contributed by atoms with Crippen LogP contribution in [0.15, 0.2) is 37.0 Å². The summed E-state index contributed by atoms with van der Waals surface area (Å²) in [5.41, 5.74) is 0. The molecule has 2 fully saturated rings. The molecule has 0 amide bonds. The highest BCUT2D eigenvalue weighted by Gasteiger charge is 2.37. The van der Waals surface area contributed by atoms with E-state index in [9.17, 15) is 0 Å². The zero-order valence-corrected chi connectivity index (χ0v) is 15.3. The Hall–Kier alpha value is -0.940. The quantitative estimate of drug-likeness (QED) is 0.350. The summed E-state index contributed by atoms with van der Waals surface area (Å²) in [5, 5.41) is 17.6. The summed E-state index contributed by atoms with van der Waals surface area (Å²) in [6, 6.07) is 0. The van der Waals surface area contributed by atoms with Crippen molar-refractivity contribution < 1.29 is 19.7 Å². The van der Waals surface area contributed by atoms with Crippen LogP contribution >= 0.6 is 0 Å². The minimum atomic E-state index is 0.0903. The molecule has 142 valence electrons. The lowest BCUT2D eigenvalue weighted by atomic mass is 9.93. The molecule has 0 aromatic heterocycles. The van der Waals surface area contributed by atoms with E-state index in [1.165, 1.54) is 6.42 Å². The maximum absolute atomic E-state index is 8.93. The van der Waals surface area contributed by atoms with Crippen LogP contribution < -0.4 is 0 Å². The molecule has 5 unspecified atom stereocenters. The topological polar surface area (TPSA) is 65.5 Å². The molecule has 2 heterocycles. The van der Waals surface area contributed by atoms with Gasteiger partial charge < -0.3 is 19.7 Å². The minimum absolute atomic E-state index is 0.0903. The smallest absolute Gasteiger partial charge is 0.107 e. The Kier molecular flexibility index (Phi) is 9.48. The molecule has 2 rings (SSSR count). The molecule has 2 aliphatic heterocycles. The van der Waals surface area contributed by atoms with Crippen molar-refractivity contribution in [1.29, 1.82) is 0 Å². The van der Waals surface area contributed by atoms with Crippen molar-refractivity contribution in [3.63, 3.8) is 0 Å². The summed E-state index contributed by atoms with van der Waals surface area (Å²) < 4.78 is 11.1. The lowest BCUT2D eigenvalue weighted by Gasteiger charge is -2.11. The molecule has 0 spiro atoms. The van der Waals surface area contributed by atoms with Gasteiger partial charge in [-0.1, -0.05) is 30.4 Å². The van der Waals surface area contributed by atoms with Crippen LogP contribution in [0.4, 0.5) is 0 Å². The van der Waals surface area contributed by atoms with E-state index in [1.807, 2.05) is 12.2 Å². The number of allylic oxidation sites excluding steroid dienone is 4. The van der Waals surface area contributed by atoms with Gasteiger partial charge in [-0.3, -0.25) is 0 Å². The largest absolute Gasteiger partial charge is 0.394 e. The lowest BCUT2D eigenvalue weighted by molar-refractivity contribution is 0.241. The normalized spacial score (nSPS) is 29.4. The van der Waals surface area contributed by atoms with Crippen molar-refractivity contribution in [2.45, 2.75) is 75.8 Å². The lowest BCUT2D eigenvalue weighted by Crippen LogP contribution is -2.02. The number of aliphatic hydroxyl groups is 2. The predicted octanol–water partition coefficient (Wildman–Crippen LogP) is 3.54. The molecule has 4 nitrogen and oxygen atoms in total. The third-order valence-corrected chi connectivity index (χ3v) is 5.06. The number of epoxide rings is 2. The van der Waals surface area contributed by atoms with Gasteiger partial charge in [0, 0.05) is 0 Å². The molecule has 4 heteroatoms. The highest BCUT2D eigenvalue weighted by molar-refractivity contribution is 4.93. The van der Waals surface area contributed by atoms with Gasteiger partial charge in [0.05, 0.1) is 31.5 Å².